The molecular formula is C25H24BrN5O. The minimum Gasteiger partial charge on any atom is -0.326 e. The summed E-state index contributed by atoms with van der Waals surface area (Å²) in [4.78, 5) is 19.5. The van der Waals surface area contributed by atoms with Crippen LogP contribution < -0.4 is 5.32 Å². The topological polar surface area (TPSA) is 73.9 Å². The second kappa shape index (κ2) is 9.22. The smallest absolute Gasteiger partial charge is 0.228 e. The third-order valence-electron chi connectivity index (χ3n) is 6.01. The summed E-state index contributed by atoms with van der Waals surface area (Å²) in [5, 5.41) is 11.6. The maximum absolute atomic E-state index is 13.1. The van der Waals surface area contributed by atoms with E-state index in [2.05, 4.69) is 59.5 Å². The van der Waals surface area contributed by atoms with Crippen LogP contribution in [0.5, 0.6) is 0 Å². The molecule has 3 heterocycles. The lowest BCUT2D eigenvalue weighted by molar-refractivity contribution is -0.121. The number of benzene rings is 2. The van der Waals surface area contributed by atoms with E-state index in [1.165, 1.54) is 5.56 Å². The van der Waals surface area contributed by atoms with E-state index in [0.717, 1.165) is 64.8 Å². The number of carbonyl (C=O) groups excluding carboxylic acids is 1. The predicted octanol–water partition coefficient (Wildman–Crippen LogP) is 5.24. The molecule has 2 aromatic carbocycles. The van der Waals surface area contributed by atoms with Gasteiger partial charge in [0.05, 0.1) is 11.4 Å². The molecule has 162 valence electrons. The van der Waals surface area contributed by atoms with Crippen molar-refractivity contribution in [1.29, 1.82) is 0 Å². The summed E-state index contributed by atoms with van der Waals surface area (Å²) in [6.07, 6.45) is 5.44. The van der Waals surface area contributed by atoms with Gasteiger partial charge in [-0.25, -0.2) is 0 Å². The number of amides is 1. The number of carbonyl (C=O) groups is 1. The highest BCUT2D eigenvalue weighted by atomic mass is 79.9. The second-order valence-corrected chi connectivity index (χ2v) is 9.08. The van der Waals surface area contributed by atoms with Crippen molar-refractivity contribution in [3.05, 3.63) is 77.0 Å². The lowest BCUT2D eigenvalue weighted by Crippen LogP contribution is -2.40. The summed E-state index contributed by atoms with van der Waals surface area (Å²) in [6, 6.07) is 18.0. The number of rotatable bonds is 5. The molecule has 0 aliphatic carbocycles. The van der Waals surface area contributed by atoms with Crippen LogP contribution in [0.25, 0.3) is 22.2 Å². The van der Waals surface area contributed by atoms with Gasteiger partial charge in [-0.05, 0) is 61.3 Å². The van der Waals surface area contributed by atoms with Gasteiger partial charge in [0, 0.05) is 46.6 Å². The van der Waals surface area contributed by atoms with Gasteiger partial charge in [-0.1, -0.05) is 34.1 Å². The molecule has 1 saturated heterocycles. The monoisotopic (exact) mass is 489 g/mol. The molecule has 0 bridgehead atoms. The Morgan fingerprint density at radius 1 is 1.16 bits per heavy atom. The SMILES string of the molecule is O=C(Nc1ccc2[nH]nc(-c3ccncc3)c2c1)C1CCCN(Cc2ccccc2Br)C1. The summed E-state index contributed by atoms with van der Waals surface area (Å²) in [5.41, 5.74) is 4.83. The first-order valence-corrected chi connectivity index (χ1v) is 11.6. The number of piperidine rings is 1. The molecule has 5 rings (SSSR count). The number of hydrogen-bond acceptors (Lipinski definition) is 4. The van der Waals surface area contributed by atoms with Crippen LogP contribution in [0, 0.1) is 5.92 Å². The molecule has 0 saturated carbocycles. The number of H-pyrrole nitrogens is 1. The molecule has 2 N–H and O–H groups in total. The molecule has 0 spiro atoms. The lowest BCUT2D eigenvalue weighted by atomic mass is 9.96. The van der Waals surface area contributed by atoms with E-state index >= 15 is 0 Å². The molecule has 6 nitrogen and oxygen atoms in total. The van der Waals surface area contributed by atoms with Gasteiger partial charge in [0.2, 0.25) is 5.91 Å². The zero-order valence-electron chi connectivity index (χ0n) is 17.6. The first-order valence-electron chi connectivity index (χ1n) is 10.8. The quantitative estimate of drug-likeness (QED) is 0.402. The first kappa shape index (κ1) is 20.8. The van der Waals surface area contributed by atoms with Gasteiger partial charge in [0.15, 0.2) is 0 Å². The number of hydrogen-bond donors (Lipinski definition) is 2. The molecule has 0 radical (unpaired) electrons. The average molecular weight is 490 g/mol. The van der Waals surface area contributed by atoms with Crippen LogP contribution in [0.1, 0.15) is 18.4 Å². The van der Waals surface area contributed by atoms with Gasteiger partial charge in [-0.3, -0.25) is 19.8 Å². The number of fused-ring (bicyclic) bond motifs is 1. The minimum absolute atomic E-state index is 0.0223. The zero-order chi connectivity index (χ0) is 21.9. The highest BCUT2D eigenvalue weighted by Gasteiger charge is 2.26. The molecule has 1 amide bonds. The predicted molar refractivity (Wildman–Crippen MR) is 130 cm³/mol. The van der Waals surface area contributed by atoms with E-state index in [-0.39, 0.29) is 11.8 Å². The van der Waals surface area contributed by atoms with Crippen LogP contribution in [0.2, 0.25) is 0 Å². The Labute approximate surface area is 195 Å². The van der Waals surface area contributed by atoms with Gasteiger partial charge >= 0.3 is 0 Å². The molecule has 1 aliphatic heterocycles. The lowest BCUT2D eigenvalue weighted by Gasteiger charge is -2.32. The highest BCUT2D eigenvalue weighted by Crippen LogP contribution is 2.29. The Hall–Kier alpha value is -3.03. The third kappa shape index (κ3) is 4.45. The maximum Gasteiger partial charge on any atom is 0.228 e. The van der Waals surface area contributed by atoms with Gasteiger partial charge < -0.3 is 5.32 Å². The number of anilines is 1. The maximum atomic E-state index is 13.1. The van der Waals surface area contributed by atoms with Gasteiger partial charge in [0.1, 0.15) is 5.69 Å². The first-order chi connectivity index (χ1) is 15.7. The number of nitrogens with one attached hydrogen (secondary N) is 2. The molecule has 1 aliphatic rings. The van der Waals surface area contributed by atoms with E-state index in [9.17, 15) is 4.79 Å². The molecule has 1 unspecified atom stereocenters. The van der Waals surface area contributed by atoms with Crippen LogP contribution >= 0.6 is 15.9 Å². The molecular weight excluding hydrogens is 466 g/mol. The van der Waals surface area contributed by atoms with Crippen LogP contribution in [-0.2, 0) is 11.3 Å². The Balaban J connectivity index is 1.29. The normalized spacial score (nSPS) is 16.8. The Kier molecular flexibility index (Phi) is 6.01. The fourth-order valence-corrected chi connectivity index (χ4v) is 4.76. The van der Waals surface area contributed by atoms with E-state index in [0.29, 0.717) is 0 Å². The van der Waals surface area contributed by atoms with Crippen LogP contribution in [0.4, 0.5) is 5.69 Å². The fourth-order valence-electron chi connectivity index (χ4n) is 4.35. The number of halogens is 1. The summed E-state index contributed by atoms with van der Waals surface area (Å²) < 4.78 is 1.12. The molecule has 2 aromatic heterocycles. The van der Waals surface area contributed by atoms with Crippen molar-refractivity contribution < 1.29 is 4.79 Å². The van der Waals surface area contributed by atoms with Crippen molar-refractivity contribution in [2.75, 3.05) is 18.4 Å². The summed E-state index contributed by atoms with van der Waals surface area (Å²) in [5.74, 6) is 0.0566. The molecule has 1 fully saturated rings. The van der Waals surface area contributed by atoms with Crippen LogP contribution in [0.15, 0.2) is 71.5 Å². The van der Waals surface area contributed by atoms with E-state index < -0.39 is 0 Å². The van der Waals surface area contributed by atoms with Crippen LogP contribution in [0.3, 0.4) is 0 Å². The Morgan fingerprint density at radius 2 is 2.00 bits per heavy atom. The molecule has 32 heavy (non-hydrogen) atoms. The summed E-state index contributed by atoms with van der Waals surface area (Å²) >= 11 is 3.63. The standard InChI is InChI=1S/C25H24BrN5O/c26-22-6-2-1-4-18(22)15-31-13-3-5-19(16-31)25(32)28-20-7-8-23-21(14-20)24(30-29-23)17-9-11-27-12-10-17/h1-2,4,6-12,14,19H,3,5,13,15-16H2,(H,28,32)(H,29,30). The number of nitrogens with zero attached hydrogens (tertiary/aromatic N) is 3. The van der Waals surface area contributed by atoms with Gasteiger partial charge in [-0.2, -0.15) is 5.10 Å². The molecule has 1 atom stereocenters. The van der Waals surface area contributed by atoms with Gasteiger partial charge in [0.25, 0.3) is 0 Å². The van der Waals surface area contributed by atoms with Crippen molar-refractivity contribution in [2.45, 2.75) is 19.4 Å². The Bertz CT molecular complexity index is 1240. The number of aromatic nitrogens is 3. The van der Waals surface area contributed by atoms with Gasteiger partial charge in [-0.15, -0.1) is 0 Å². The van der Waals surface area contributed by atoms with Crippen molar-refractivity contribution in [3.8, 4) is 11.3 Å². The number of pyridine rings is 1. The molecule has 7 heteroatoms. The average Bonchev–Trinajstić information content (AvgIpc) is 3.25. The van der Waals surface area contributed by atoms with E-state index in [1.54, 1.807) is 12.4 Å². The number of likely N-dealkylation sites (tertiary alicyclic amines) is 1. The largest absolute Gasteiger partial charge is 0.326 e. The fraction of sp³-hybridized carbons (Fsp3) is 0.240. The second-order valence-electron chi connectivity index (χ2n) is 8.22. The molecule has 4 aromatic rings. The third-order valence-corrected chi connectivity index (χ3v) is 6.79. The van der Waals surface area contributed by atoms with Crippen molar-refractivity contribution in [1.82, 2.24) is 20.1 Å². The van der Waals surface area contributed by atoms with Crippen LogP contribution in [-0.4, -0.2) is 39.1 Å². The van der Waals surface area contributed by atoms with Crippen molar-refractivity contribution >= 4 is 38.4 Å². The van der Waals surface area contributed by atoms with Crippen molar-refractivity contribution in [3.63, 3.8) is 0 Å². The minimum atomic E-state index is -0.0223. The summed E-state index contributed by atoms with van der Waals surface area (Å²) in [6.45, 7) is 2.63. The zero-order valence-corrected chi connectivity index (χ0v) is 19.2. The van der Waals surface area contributed by atoms with Crippen molar-refractivity contribution in [2.24, 2.45) is 5.92 Å². The number of aromatic amines is 1. The van der Waals surface area contributed by atoms with E-state index in [1.807, 2.05) is 36.4 Å². The highest BCUT2D eigenvalue weighted by molar-refractivity contribution is 9.10. The van der Waals surface area contributed by atoms with E-state index in [4.69, 9.17) is 0 Å². The summed E-state index contributed by atoms with van der Waals surface area (Å²) in [7, 11) is 0. The Morgan fingerprint density at radius 3 is 2.84 bits per heavy atom.